The van der Waals surface area contributed by atoms with Gasteiger partial charge in [-0.15, -0.1) is 0 Å². The molecule has 96 valence electrons. The quantitative estimate of drug-likeness (QED) is 0.885. The largest absolute Gasteiger partial charge is 0.497 e. The van der Waals surface area contributed by atoms with Crippen LogP contribution in [0.2, 0.25) is 0 Å². The third kappa shape index (κ3) is 2.09. The summed E-state index contributed by atoms with van der Waals surface area (Å²) < 4.78 is 16.7. The predicted molar refractivity (Wildman–Crippen MR) is 68.9 cm³/mol. The topological polar surface area (TPSA) is 43.6 Å². The number of furan rings is 1. The van der Waals surface area contributed by atoms with E-state index in [2.05, 4.69) is 5.32 Å². The van der Waals surface area contributed by atoms with Gasteiger partial charge in [-0.25, -0.2) is 0 Å². The summed E-state index contributed by atoms with van der Waals surface area (Å²) in [5.41, 5.74) is 2.00. The van der Waals surface area contributed by atoms with Crippen molar-refractivity contribution in [3.8, 4) is 5.75 Å². The van der Waals surface area contributed by atoms with E-state index in [9.17, 15) is 0 Å². The van der Waals surface area contributed by atoms with Crippen LogP contribution in [0.15, 0.2) is 28.9 Å². The second-order valence-electron chi connectivity index (χ2n) is 4.45. The number of hydrogen-bond donors (Lipinski definition) is 1. The van der Waals surface area contributed by atoms with E-state index < -0.39 is 0 Å². The summed E-state index contributed by atoms with van der Waals surface area (Å²) >= 11 is 0. The number of benzene rings is 1. The summed E-state index contributed by atoms with van der Waals surface area (Å²) in [6.45, 7) is 2.62. The van der Waals surface area contributed by atoms with Gasteiger partial charge in [0.1, 0.15) is 11.3 Å². The van der Waals surface area contributed by atoms with Crippen LogP contribution < -0.4 is 10.1 Å². The molecule has 18 heavy (non-hydrogen) atoms. The Labute approximate surface area is 106 Å². The SMILES string of the molecule is COc1ccc2occ(C3CCNCCO3)c2c1. The molecule has 1 N–H and O–H groups in total. The Morgan fingerprint density at radius 3 is 3.17 bits per heavy atom. The van der Waals surface area contributed by atoms with E-state index in [0.29, 0.717) is 0 Å². The van der Waals surface area contributed by atoms with E-state index in [4.69, 9.17) is 13.9 Å². The molecule has 2 heterocycles. The standard InChI is InChI=1S/C14H17NO3/c1-16-10-2-3-13-11(8-10)12(9-18-13)14-4-5-15-6-7-17-14/h2-3,8-9,14-15H,4-7H2,1H3. The van der Waals surface area contributed by atoms with Gasteiger partial charge in [0.15, 0.2) is 0 Å². The molecule has 1 fully saturated rings. The van der Waals surface area contributed by atoms with Crippen molar-refractivity contribution < 1.29 is 13.9 Å². The zero-order chi connectivity index (χ0) is 12.4. The zero-order valence-electron chi connectivity index (χ0n) is 10.4. The highest BCUT2D eigenvalue weighted by atomic mass is 16.5. The number of methoxy groups -OCH3 is 1. The number of fused-ring (bicyclic) bond motifs is 1. The fourth-order valence-electron chi connectivity index (χ4n) is 2.36. The van der Waals surface area contributed by atoms with E-state index in [1.165, 1.54) is 0 Å². The summed E-state index contributed by atoms with van der Waals surface area (Å²) in [5.74, 6) is 0.844. The molecular weight excluding hydrogens is 230 g/mol. The molecule has 4 nitrogen and oxygen atoms in total. The Bertz CT molecular complexity index is 527. The van der Waals surface area contributed by atoms with E-state index in [1.807, 2.05) is 18.2 Å². The summed E-state index contributed by atoms with van der Waals surface area (Å²) in [5, 5.41) is 4.41. The van der Waals surface area contributed by atoms with Crippen molar-refractivity contribution >= 4 is 11.0 Å². The Morgan fingerprint density at radius 1 is 1.33 bits per heavy atom. The molecule has 1 atom stereocenters. The van der Waals surface area contributed by atoms with Crippen LogP contribution in [-0.2, 0) is 4.74 Å². The molecule has 0 bridgehead atoms. The first-order valence-corrected chi connectivity index (χ1v) is 6.26. The number of nitrogens with one attached hydrogen (secondary N) is 1. The molecule has 1 unspecified atom stereocenters. The highest BCUT2D eigenvalue weighted by Crippen LogP contribution is 2.33. The lowest BCUT2D eigenvalue weighted by molar-refractivity contribution is 0.0648. The van der Waals surface area contributed by atoms with Gasteiger partial charge in [0.25, 0.3) is 0 Å². The first kappa shape index (κ1) is 11.6. The molecule has 0 radical (unpaired) electrons. The average Bonchev–Trinajstić information content (AvgIpc) is 2.64. The third-order valence-electron chi connectivity index (χ3n) is 3.34. The molecule has 4 heteroatoms. The van der Waals surface area contributed by atoms with Crippen LogP contribution in [0.25, 0.3) is 11.0 Å². The maximum atomic E-state index is 5.87. The molecule has 1 aromatic heterocycles. The van der Waals surface area contributed by atoms with Gasteiger partial charge in [0, 0.05) is 17.5 Å². The molecule has 0 aliphatic carbocycles. The van der Waals surface area contributed by atoms with Crippen molar-refractivity contribution in [2.45, 2.75) is 12.5 Å². The fraction of sp³-hybridized carbons (Fsp3) is 0.429. The highest BCUT2D eigenvalue weighted by Gasteiger charge is 2.19. The Balaban J connectivity index is 1.99. The third-order valence-corrected chi connectivity index (χ3v) is 3.34. The molecule has 1 aliphatic rings. The Hall–Kier alpha value is -1.52. The molecule has 0 saturated carbocycles. The molecular formula is C14H17NO3. The monoisotopic (exact) mass is 247 g/mol. The minimum atomic E-state index is 0.105. The minimum Gasteiger partial charge on any atom is -0.497 e. The summed E-state index contributed by atoms with van der Waals surface area (Å²) in [7, 11) is 1.67. The van der Waals surface area contributed by atoms with Crippen molar-refractivity contribution in [2.24, 2.45) is 0 Å². The normalized spacial score (nSPS) is 20.8. The van der Waals surface area contributed by atoms with Crippen LogP contribution in [0, 0.1) is 0 Å². The van der Waals surface area contributed by atoms with Crippen LogP contribution in [0.4, 0.5) is 0 Å². The first-order chi connectivity index (χ1) is 8.88. The Morgan fingerprint density at radius 2 is 2.28 bits per heavy atom. The van der Waals surface area contributed by atoms with Crippen LogP contribution in [-0.4, -0.2) is 26.8 Å². The van der Waals surface area contributed by atoms with E-state index in [0.717, 1.165) is 48.4 Å². The van der Waals surface area contributed by atoms with Crippen molar-refractivity contribution in [3.05, 3.63) is 30.0 Å². The number of rotatable bonds is 2. The van der Waals surface area contributed by atoms with Gasteiger partial charge in [0.05, 0.1) is 26.1 Å². The summed E-state index contributed by atoms with van der Waals surface area (Å²) in [4.78, 5) is 0. The van der Waals surface area contributed by atoms with Crippen LogP contribution in [0.3, 0.4) is 0 Å². The van der Waals surface area contributed by atoms with Gasteiger partial charge >= 0.3 is 0 Å². The van der Waals surface area contributed by atoms with Gasteiger partial charge in [-0.05, 0) is 31.2 Å². The lowest BCUT2D eigenvalue weighted by Gasteiger charge is -2.13. The summed E-state index contributed by atoms with van der Waals surface area (Å²) in [6.07, 6.45) is 2.87. The van der Waals surface area contributed by atoms with E-state index in [-0.39, 0.29) is 6.10 Å². The highest BCUT2D eigenvalue weighted by molar-refractivity contribution is 5.83. The number of ether oxygens (including phenoxy) is 2. The number of hydrogen-bond acceptors (Lipinski definition) is 4. The second kappa shape index (κ2) is 5.00. The molecule has 2 aromatic rings. The predicted octanol–water partition coefficient (Wildman–Crippen LogP) is 2.49. The minimum absolute atomic E-state index is 0.105. The molecule has 1 aromatic carbocycles. The van der Waals surface area contributed by atoms with Crippen molar-refractivity contribution in [1.82, 2.24) is 5.32 Å². The lowest BCUT2D eigenvalue weighted by atomic mass is 10.1. The fourth-order valence-corrected chi connectivity index (χ4v) is 2.36. The maximum Gasteiger partial charge on any atom is 0.134 e. The second-order valence-corrected chi connectivity index (χ2v) is 4.45. The average molecular weight is 247 g/mol. The molecule has 3 rings (SSSR count). The first-order valence-electron chi connectivity index (χ1n) is 6.26. The van der Waals surface area contributed by atoms with Gasteiger partial charge < -0.3 is 19.2 Å². The molecule has 0 amide bonds. The molecule has 1 saturated heterocycles. The van der Waals surface area contributed by atoms with E-state index in [1.54, 1.807) is 13.4 Å². The van der Waals surface area contributed by atoms with Crippen molar-refractivity contribution in [2.75, 3.05) is 26.8 Å². The van der Waals surface area contributed by atoms with E-state index >= 15 is 0 Å². The molecule has 0 spiro atoms. The van der Waals surface area contributed by atoms with Crippen LogP contribution >= 0.6 is 0 Å². The lowest BCUT2D eigenvalue weighted by Crippen LogP contribution is -2.16. The Kier molecular flexibility index (Phi) is 3.21. The smallest absolute Gasteiger partial charge is 0.134 e. The maximum absolute atomic E-state index is 5.87. The zero-order valence-corrected chi connectivity index (χ0v) is 10.4. The van der Waals surface area contributed by atoms with Crippen molar-refractivity contribution in [3.63, 3.8) is 0 Å². The van der Waals surface area contributed by atoms with Crippen LogP contribution in [0.1, 0.15) is 18.1 Å². The van der Waals surface area contributed by atoms with Gasteiger partial charge in [0.2, 0.25) is 0 Å². The van der Waals surface area contributed by atoms with Gasteiger partial charge in [-0.1, -0.05) is 0 Å². The summed E-state index contributed by atoms with van der Waals surface area (Å²) in [6, 6.07) is 5.85. The van der Waals surface area contributed by atoms with Gasteiger partial charge in [-0.2, -0.15) is 0 Å². The molecule has 1 aliphatic heterocycles. The van der Waals surface area contributed by atoms with Crippen LogP contribution in [0.5, 0.6) is 5.75 Å². The van der Waals surface area contributed by atoms with Gasteiger partial charge in [-0.3, -0.25) is 0 Å². The van der Waals surface area contributed by atoms with Crippen molar-refractivity contribution in [1.29, 1.82) is 0 Å².